The van der Waals surface area contributed by atoms with Crippen molar-refractivity contribution in [3.05, 3.63) is 60.2 Å². The van der Waals surface area contributed by atoms with Gasteiger partial charge in [-0.1, -0.05) is 25.6 Å². The Bertz CT molecular complexity index is 1360. The number of nitrogens with zero attached hydrogens (tertiary/aromatic N) is 4. The van der Waals surface area contributed by atoms with Gasteiger partial charge < -0.3 is 14.8 Å². The fourth-order valence-corrected chi connectivity index (χ4v) is 4.47. The molecule has 0 aliphatic carbocycles. The number of aromatic nitrogens is 4. The van der Waals surface area contributed by atoms with Gasteiger partial charge in [0.1, 0.15) is 29.6 Å². The highest BCUT2D eigenvalue weighted by atomic mass is 32.2. The first-order chi connectivity index (χ1) is 16.5. The lowest BCUT2D eigenvalue weighted by molar-refractivity contribution is -0.113. The van der Waals surface area contributed by atoms with Gasteiger partial charge in [0.25, 0.3) is 0 Å². The van der Waals surface area contributed by atoms with Gasteiger partial charge >= 0.3 is 0 Å². The second-order valence-corrected chi connectivity index (χ2v) is 9.00. The summed E-state index contributed by atoms with van der Waals surface area (Å²) in [5, 5.41) is 17.6. The first-order valence-electron chi connectivity index (χ1n) is 10.8. The average molecular weight is 480 g/mol. The maximum atomic E-state index is 13.5. The summed E-state index contributed by atoms with van der Waals surface area (Å²) >= 11 is 1.27. The number of halogens is 1. The Kier molecular flexibility index (Phi) is 6.06. The Morgan fingerprint density at radius 1 is 1.12 bits per heavy atom. The summed E-state index contributed by atoms with van der Waals surface area (Å²) in [6, 6.07) is 11.4. The molecule has 1 aliphatic rings. The molecular weight excluding hydrogens is 457 g/mol. The van der Waals surface area contributed by atoms with Crippen LogP contribution in [0.5, 0.6) is 11.5 Å². The number of amides is 1. The Balaban J connectivity index is 1.40. The molecule has 0 saturated carbocycles. The van der Waals surface area contributed by atoms with E-state index in [2.05, 4.69) is 20.6 Å². The molecule has 174 valence electrons. The number of hydrogen-bond acceptors (Lipinski definition) is 7. The lowest BCUT2D eigenvalue weighted by Crippen LogP contribution is -2.17. The molecule has 4 aromatic rings. The lowest BCUT2D eigenvalue weighted by Gasteiger charge is -2.19. The maximum Gasteiger partial charge on any atom is 0.234 e. The Morgan fingerprint density at radius 3 is 2.65 bits per heavy atom. The monoisotopic (exact) mass is 479 g/mol. The van der Waals surface area contributed by atoms with Crippen LogP contribution in [0.15, 0.2) is 53.7 Å². The number of anilines is 1. The molecule has 0 radical (unpaired) electrons. The number of carbonyl (C=O) groups excluding carboxylic acids is 1. The zero-order valence-corrected chi connectivity index (χ0v) is 19.4. The van der Waals surface area contributed by atoms with Crippen molar-refractivity contribution < 1.29 is 18.7 Å². The van der Waals surface area contributed by atoms with Crippen molar-refractivity contribution in [3.8, 4) is 17.2 Å². The van der Waals surface area contributed by atoms with Crippen molar-refractivity contribution in [2.75, 3.05) is 24.3 Å². The summed E-state index contributed by atoms with van der Waals surface area (Å²) < 4.78 is 26.3. The molecule has 8 nitrogen and oxygen atoms in total. The molecule has 34 heavy (non-hydrogen) atoms. The van der Waals surface area contributed by atoms with E-state index in [1.807, 2.05) is 13.8 Å². The topological polar surface area (TPSA) is 91.2 Å². The van der Waals surface area contributed by atoms with Gasteiger partial charge in [-0.2, -0.15) is 10.2 Å². The van der Waals surface area contributed by atoms with Crippen molar-refractivity contribution in [2.24, 2.45) is 0 Å². The molecule has 5 rings (SSSR count). The third kappa shape index (κ3) is 4.41. The van der Waals surface area contributed by atoms with Crippen LogP contribution in [0.2, 0.25) is 0 Å². The largest absolute Gasteiger partial charge is 0.486 e. The molecule has 0 atom stereocenters. The summed E-state index contributed by atoms with van der Waals surface area (Å²) in [4.78, 5) is 12.7. The fraction of sp³-hybridized carbons (Fsp3) is 0.250. The van der Waals surface area contributed by atoms with E-state index < -0.39 is 0 Å². The van der Waals surface area contributed by atoms with Crippen LogP contribution in [0.4, 0.5) is 10.1 Å². The number of fused-ring (bicyclic) bond motifs is 2. The minimum Gasteiger partial charge on any atom is -0.486 e. The summed E-state index contributed by atoms with van der Waals surface area (Å²) in [5.74, 6) is 1.00. The quantitative estimate of drug-likeness (QED) is 0.405. The molecule has 10 heteroatoms. The predicted octanol–water partition coefficient (Wildman–Crippen LogP) is 4.58. The molecular formula is C24H22FN5O3S. The van der Waals surface area contributed by atoms with Crippen molar-refractivity contribution in [1.82, 2.24) is 20.0 Å². The van der Waals surface area contributed by atoms with E-state index in [4.69, 9.17) is 9.47 Å². The number of benzene rings is 2. The van der Waals surface area contributed by atoms with Gasteiger partial charge in [0.2, 0.25) is 5.91 Å². The zero-order chi connectivity index (χ0) is 23.7. The number of thioether (sulfide) groups is 1. The highest BCUT2D eigenvalue weighted by molar-refractivity contribution is 8.00. The van der Waals surface area contributed by atoms with Gasteiger partial charge in [-0.25, -0.2) is 9.07 Å². The molecule has 0 spiro atoms. The van der Waals surface area contributed by atoms with E-state index in [0.717, 1.165) is 16.6 Å². The molecule has 0 bridgehead atoms. The molecule has 1 aliphatic heterocycles. The van der Waals surface area contributed by atoms with E-state index >= 15 is 0 Å². The Labute approximate surface area is 199 Å². The average Bonchev–Trinajstić information content (AvgIpc) is 3.28. The molecule has 0 saturated heterocycles. The normalized spacial score (nSPS) is 12.8. The minimum absolute atomic E-state index is 0.119. The van der Waals surface area contributed by atoms with E-state index in [1.54, 1.807) is 41.2 Å². The molecule has 1 amide bonds. The van der Waals surface area contributed by atoms with E-state index in [-0.39, 0.29) is 23.4 Å². The van der Waals surface area contributed by atoms with Crippen LogP contribution in [0.25, 0.3) is 16.6 Å². The highest BCUT2D eigenvalue weighted by Gasteiger charge is 2.19. The Hall–Kier alpha value is -3.66. The second-order valence-electron chi connectivity index (χ2n) is 8.04. The minimum atomic E-state index is -0.326. The van der Waals surface area contributed by atoms with Crippen LogP contribution in [0, 0.1) is 5.82 Å². The predicted molar refractivity (Wildman–Crippen MR) is 127 cm³/mol. The first kappa shape index (κ1) is 22.1. The third-order valence-corrected chi connectivity index (χ3v) is 6.24. The van der Waals surface area contributed by atoms with Crippen LogP contribution in [-0.2, 0) is 4.79 Å². The van der Waals surface area contributed by atoms with Gasteiger partial charge in [-0.3, -0.25) is 4.79 Å². The van der Waals surface area contributed by atoms with Crippen molar-refractivity contribution in [1.29, 1.82) is 0 Å². The molecule has 2 aromatic carbocycles. The number of ether oxygens (including phenoxy) is 2. The molecule has 0 unspecified atom stereocenters. The van der Waals surface area contributed by atoms with Crippen LogP contribution in [-0.4, -0.2) is 44.9 Å². The summed E-state index contributed by atoms with van der Waals surface area (Å²) in [6.45, 7) is 5.05. The van der Waals surface area contributed by atoms with Crippen LogP contribution in [0.3, 0.4) is 0 Å². The van der Waals surface area contributed by atoms with Gasteiger partial charge in [-0.15, -0.1) is 5.10 Å². The summed E-state index contributed by atoms with van der Waals surface area (Å²) in [6.07, 6.45) is 1.74. The SMILES string of the molecule is CC(C)c1nnc(SCC(=O)Nc2ccc3c(c2)OCCO3)c2c1cnn2-c1ccc(F)cc1. The van der Waals surface area contributed by atoms with Crippen molar-refractivity contribution in [2.45, 2.75) is 24.8 Å². The number of rotatable bonds is 6. The van der Waals surface area contributed by atoms with Crippen molar-refractivity contribution in [3.63, 3.8) is 0 Å². The van der Waals surface area contributed by atoms with Crippen molar-refractivity contribution >= 4 is 34.3 Å². The maximum absolute atomic E-state index is 13.5. The van der Waals surface area contributed by atoms with Crippen LogP contribution in [0.1, 0.15) is 25.5 Å². The van der Waals surface area contributed by atoms with E-state index in [1.165, 1.54) is 23.9 Å². The second kappa shape index (κ2) is 9.30. The van der Waals surface area contributed by atoms with E-state index in [0.29, 0.717) is 41.1 Å². The standard InChI is InChI=1S/C24H22FN5O3S/c1-14(2)22-18-12-26-30(17-6-3-15(25)4-7-17)23(18)24(29-28-22)34-13-21(31)27-16-5-8-19-20(11-16)33-10-9-32-19/h3-8,11-12,14H,9-10,13H2,1-2H3,(H,27,31). The fourth-order valence-electron chi connectivity index (χ4n) is 3.70. The Morgan fingerprint density at radius 2 is 1.88 bits per heavy atom. The molecule has 3 heterocycles. The smallest absolute Gasteiger partial charge is 0.234 e. The van der Waals surface area contributed by atoms with Gasteiger partial charge in [0, 0.05) is 17.1 Å². The number of nitrogens with one attached hydrogen (secondary N) is 1. The summed E-state index contributed by atoms with van der Waals surface area (Å²) in [7, 11) is 0. The van der Waals surface area contributed by atoms with Gasteiger partial charge in [0.05, 0.1) is 23.3 Å². The van der Waals surface area contributed by atoms with Crippen LogP contribution < -0.4 is 14.8 Å². The summed E-state index contributed by atoms with van der Waals surface area (Å²) in [5.41, 5.74) is 2.87. The molecule has 0 fully saturated rings. The molecule has 2 aromatic heterocycles. The zero-order valence-electron chi connectivity index (χ0n) is 18.6. The lowest BCUT2D eigenvalue weighted by atomic mass is 10.1. The highest BCUT2D eigenvalue weighted by Crippen LogP contribution is 2.34. The number of hydrogen-bond donors (Lipinski definition) is 1. The third-order valence-electron chi connectivity index (χ3n) is 5.28. The molecule has 1 N–H and O–H groups in total. The van der Waals surface area contributed by atoms with Crippen LogP contribution >= 0.6 is 11.8 Å². The first-order valence-corrected chi connectivity index (χ1v) is 11.8. The van der Waals surface area contributed by atoms with E-state index in [9.17, 15) is 9.18 Å². The number of carbonyl (C=O) groups is 1. The van der Waals surface area contributed by atoms with Gasteiger partial charge in [0.15, 0.2) is 11.5 Å². The van der Waals surface area contributed by atoms with Gasteiger partial charge in [-0.05, 0) is 42.3 Å².